The summed E-state index contributed by atoms with van der Waals surface area (Å²) in [6.45, 7) is 35.5. The fraction of sp³-hybridized carbons (Fsp3) is 0.474. The van der Waals surface area contributed by atoms with E-state index < -0.39 is 117 Å². The molecule has 578 valence electrons. The largest absolute Gasteiger partial charge is 0.498 e. The second-order valence-electron chi connectivity index (χ2n) is 31.0. The van der Waals surface area contributed by atoms with Crippen LogP contribution in [0, 0.1) is 59.6 Å². The fourth-order valence-corrected chi connectivity index (χ4v) is 14.0. The molecular weight excluding hydrogens is 1460 g/mol. The molecule has 108 heavy (non-hydrogen) atoms. The van der Waals surface area contributed by atoms with Gasteiger partial charge in [-0.15, -0.1) is 0 Å². The monoisotopic (exact) mass is 1550 g/mol. The lowest BCUT2D eigenvalue weighted by molar-refractivity contribution is -0.385. The van der Waals surface area contributed by atoms with Crippen molar-refractivity contribution in [1.29, 1.82) is 0 Å². The number of pyridine rings is 6. The number of piperazine rings is 2. The summed E-state index contributed by atoms with van der Waals surface area (Å²) < 4.78 is 54.4. The lowest BCUT2D eigenvalue weighted by atomic mass is 9.76. The molecule has 3 fully saturated rings. The highest BCUT2D eigenvalue weighted by Gasteiger charge is 2.53. The van der Waals surface area contributed by atoms with Crippen molar-refractivity contribution < 1.29 is 57.2 Å². The molecule has 0 bridgehead atoms. The topological polar surface area (TPSA) is 306 Å². The van der Waals surface area contributed by atoms with Crippen molar-refractivity contribution in [2.45, 2.75) is 197 Å². The second-order valence-corrected chi connectivity index (χ2v) is 32.1. The first-order chi connectivity index (χ1) is 50.3. The predicted molar refractivity (Wildman–Crippen MR) is 414 cm³/mol. The Morgan fingerprint density at radius 1 is 0.620 bits per heavy atom. The van der Waals surface area contributed by atoms with E-state index in [1.54, 1.807) is 129 Å². The molecule has 2 amide bonds. The van der Waals surface area contributed by atoms with Gasteiger partial charge >= 0.3 is 41.8 Å². The predicted octanol–water partition coefficient (Wildman–Crippen LogP) is 14.4. The highest BCUT2D eigenvalue weighted by atomic mass is 35.5. The molecular formula is C76H92BCl3F2N12O14. The molecule has 4 atom stereocenters. The highest BCUT2D eigenvalue weighted by Crippen LogP contribution is 2.45. The Kier molecular flexibility index (Phi) is 24.6. The minimum atomic E-state index is -0.990. The van der Waals surface area contributed by atoms with E-state index >= 15 is 4.39 Å². The molecule has 8 aromatic rings. The Morgan fingerprint density at radius 2 is 1.02 bits per heavy atom. The number of aliphatic hydroxyl groups is 2. The summed E-state index contributed by atoms with van der Waals surface area (Å²) >= 11 is 19.6. The number of anilines is 2. The van der Waals surface area contributed by atoms with Crippen LogP contribution in [0.1, 0.15) is 156 Å². The number of ether oxygens (including phenoxy) is 2. The van der Waals surface area contributed by atoms with Crippen LogP contribution in [0.15, 0.2) is 82.6 Å². The van der Waals surface area contributed by atoms with E-state index in [0.29, 0.717) is 44.9 Å². The Hall–Kier alpha value is -8.97. The molecule has 0 aliphatic carbocycles. The molecule has 0 radical (unpaired) electrons. The number of fused-ring (bicyclic) bond motifs is 2. The maximum absolute atomic E-state index is 15.4. The molecule has 3 saturated heterocycles. The van der Waals surface area contributed by atoms with Crippen molar-refractivity contribution in [2.75, 3.05) is 49.2 Å². The second kappa shape index (κ2) is 31.9. The number of aromatic nitrogens is 6. The van der Waals surface area contributed by atoms with E-state index in [0.717, 1.165) is 5.56 Å². The van der Waals surface area contributed by atoms with Crippen molar-refractivity contribution in [3.05, 3.63) is 174 Å². The molecule has 0 unspecified atom stereocenters. The number of halogens is 5. The molecule has 11 rings (SSSR count). The number of nitro groups is 2. The van der Waals surface area contributed by atoms with Crippen molar-refractivity contribution >= 4 is 104 Å². The highest BCUT2D eigenvalue weighted by molar-refractivity contribution is 6.62. The quantitative estimate of drug-likeness (QED) is 0.0497. The molecule has 2 N–H and O–H groups in total. The molecule has 9 heterocycles. The van der Waals surface area contributed by atoms with Crippen molar-refractivity contribution in [3.8, 4) is 22.6 Å². The van der Waals surface area contributed by atoms with Gasteiger partial charge in [-0.2, -0.15) is 0 Å². The molecule has 6 aromatic heterocycles. The number of hydrogen-bond acceptors (Lipinski definition) is 20. The van der Waals surface area contributed by atoms with Crippen LogP contribution in [0.4, 0.5) is 41.1 Å². The van der Waals surface area contributed by atoms with Gasteiger partial charge in [0, 0.05) is 61.7 Å². The number of benzene rings is 2. The Balaban J connectivity index is 0.000000206. The van der Waals surface area contributed by atoms with Gasteiger partial charge in [0.15, 0.2) is 11.3 Å². The third kappa shape index (κ3) is 16.6. The van der Waals surface area contributed by atoms with Gasteiger partial charge < -0.3 is 48.6 Å². The molecule has 26 nitrogen and oxygen atoms in total. The zero-order chi connectivity index (χ0) is 80.2. The van der Waals surface area contributed by atoms with Crippen LogP contribution in [0.25, 0.3) is 44.7 Å². The van der Waals surface area contributed by atoms with Crippen molar-refractivity contribution in [2.24, 2.45) is 0 Å². The van der Waals surface area contributed by atoms with Gasteiger partial charge in [-0.25, -0.2) is 28.3 Å². The zero-order valence-electron chi connectivity index (χ0n) is 64.3. The first-order valence-electron chi connectivity index (χ1n) is 35.3. The smallest absolute Gasteiger partial charge is 0.444 e. The molecule has 2 aromatic carbocycles. The first kappa shape index (κ1) is 83.1. The van der Waals surface area contributed by atoms with Crippen LogP contribution in [0.2, 0.25) is 15.2 Å². The van der Waals surface area contributed by atoms with Crippen LogP contribution in [-0.4, -0.2) is 164 Å². The number of aryl methyl sites for hydroxylation is 4. The maximum Gasteiger partial charge on any atom is 0.498 e. The molecule has 3 aliphatic heterocycles. The normalized spacial score (nSPS) is 18.0. The average Bonchev–Trinajstić information content (AvgIpc) is 0.961. The number of carbonyl (C=O) groups excluding carboxylic acids is 2. The minimum absolute atomic E-state index is 0.00117. The van der Waals surface area contributed by atoms with E-state index in [1.165, 1.54) is 43.2 Å². The van der Waals surface area contributed by atoms with Gasteiger partial charge in [0.2, 0.25) is 0 Å². The summed E-state index contributed by atoms with van der Waals surface area (Å²) in [5, 5.41) is 47.0. The summed E-state index contributed by atoms with van der Waals surface area (Å²) in [5.41, 5.74) is -0.923. The Morgan fingerprint density at radius 3 is 1.40 bits per heavy atom. The molecule has 32 heteroatoms. The van der Waals surface area contributed by atoms with E-state index in [1.807, 2.05) is 68.4 Å². The number of aliphatic hydroxyl groups excluding tert-OH is 2. The van der Waals surface area contributed by atoms with Crippen LogP contribution in [-0.2, 0) is 18.8 Å². The maximum atomic E-state index is 15.4. The minimum Gasteiger partial charge on any atom is -0.444 e. The summed E-state index contributed by atoms with van der Waals surface area (Å²) in [4.78, 5) is 103. The third-order valence-electron chi connectivity index (χ3n) is 19.4. The Bertz CT molecular complexity index is 4920. The standard InChI is InChI=1S/C35H40ClFN6O6.C28H34Cl2N6O6.C13H18BFO2/c1-18(2)27-29(20(4)12-13-38-27)42-32-23(14-24(36)28(39-32)26-19(3)10-9-11-25(26)37)30(31(33(42)45)43(47)48)41-15-21(5)40(16-22(41)17-44)34(46)49-35(6,7)8;1-14(2)20-21(15(3)8-9-31-20)35-25-18(10-19(29)24(30)32-25)22(23(26(35)38)36(40)41)34-11-16(4)33(12-17(34)13-37)27(39)42-28(5,6)7;1-9-7-6-8-10(15)11(9)14-16-12(2,3)13(4,5)17-14/h9-14,18,21-22,44H,15-17H2,1-8H3;8-10,14,16-17,37H,11-13H2,1-7H3;6-8H,1-5H3/t21-,22-;16-,17-;/m11./s1. The van der Waals surface area contributed by atoms with Crippen molar-refractivity contribution in [1.82, 2.24) is 38.9 Å². The Labute approximate surface area is 640 Å². The van der Waals surface area contributed by atoms with E-state index in [-0.39, 0.29) is 104 Å². The van der Waals surface area contributed by atoms with Crippen LogP contribution in [0.3, 0.4) is 0 Å². The zero-order valence-corrected chi connectivity index (χ0v) is 66.5. The van der Waals surface area contributed by atoms with Gasteiger partial charge in [0.05, 0.1) is 95.6 Å². The van der Waals surface area contributed by atoms with Gasteiger partial charge in [-0.05, 0) is 181 Å². The van der Waals surface area contributed by atoms with Gasteiger partial charge in [-0.3, -0.25) is 48.9 Å². The molecule has 0 spiro atoms. The van der Waals surface area contributed by atoms with Crippen LogP contribution in [0.5, 0.6) is 0 Å². The van der Waals surface area contributed by atoms with Crippen molar-refractivity contribution in [3.63, 3.8) is 0 Å². The summed E-state index contributed by atoms with van der Waals surface area (Å²) in [5.74, 6) is -1.19. The number of nitrogens with zero attached hydrogens (tertiary/aromatic N) is 12. The lowest BCUT2D eigenvalue weighted by Crippen LogP contribution is -2.61. The van der Waals surface area contributed by atoms with E-state index in [9.17, 15) is 54.0 Å². The lowest BCUT2D eigenvalue weighted by Gasteiger charge is -2.45. The number of hydrogen-bond donors (Lipinski definition) is 2. The van der Waals surface area contributed by atoms with E-state index in [4.69, 9.17) is 58.6 Å². The van der Waals surface area contributed by atoms with E-state index in [2.05, 4.69) is 15.0 Å². The first-order valence-corrected chi connectivity index (χ1v) is 36.5. The average molecular weight is 1550 g/mol. The van der Waals surface area contributed by atoms with Crippen LogP contribution < -0.4 is 26.4 Å². The van der Waals surface area contributed by atoms with Crippen LogP contribution >= 0.6 is 34.8 Å². The summed E-state index contributed by atoms with van der Waals surface area (Å²) in [7, 11) is -0.624. The summed E-state index contributed by atoms with van der Waals surface area (Å²) in [6.07, 6.45) is 2.03. The van der Waals surface area contributed by atoms with Gasteiger partial charge in [0.25, 0.3) is 0 Å². The van der Waals surface area contributed by atoms with Gasteiger partial charge in [0.1, 0.15) is 39.4 Å². The molecule has 3 aliphatic rings. The number of amides is 2. The van der Waals surface area contributed by atoms with Gasteiger partial charge in [-0.1, -0.05) is 86.8 Å². The summed E-state index contributed by atoms with van der Waals surface area (Å²) in [6, 6.07) is 13.1. The number of carbonyl (C=O) groups is 2. The number of rotatable bonds is 12. The third-order valence-corrected chi connectivity index (χ3v) is 20.4. The SMILES string of the molecule is Cc1cccc(F)c1-c1nc2c(cc1Cl)c(N1C[C@@H](C)N(C(=O)OC(C)(C)C)C[C@@H]1CO)c([N+](=O)[O-])c(=O)n2-c1c(C)ccnc1C(C)C.Cc1cccc(F)c1B1OC(C)(C)C(C)(C)O1.Cc1ccnc(C(C)C)c1-n1c(=O)c([N+](=O)[O-])c(N2C[C@@H](C)N(C(=O)OC(C)(C)C)C[C@@H]2CO)c2cc(Cl)c(Cl)nc21. The molecule has 0 saturated carbocycles. The fourth-order valence-electron chi connectivity index (χ4n) is 13.5.